The molecule has 1 amide bonds. The molecule has 2 aliphatic heterocycles. The molecule has 7 heteroatoms. The van der Waals surface area contributed by atoms with Gasteiger partial charge in [0.1, 0.15) is 12.1 Å². The molecule has 1 saturated heterocycles. The highest BCUT2D eigenvalue weighted by Gasteiger charge is 2.35. The molecular weight excluding hydrogens is 342 g/mol. The Kier molecular flexibility index (Phi) is 4.45. The fourth-order valence-electron chi connectivity index (χ4n) is 4.24. The first kappa shape index (κ1) is 17.7. The Labute approximate surface area is 158 Å². The summed E-state index contributed by atoms with van der Waals surface area (Å²) in [6.45, 7) is 6.64. The van der Waals surface area contributed by atoms with Crippen molar-refractivity contribution >= 4 is 11.7 Å². The molecule has 0 spiro atoms. The lowest BCUT2D eigenvalue weighted by Gasteiger charge is -2.42. The molecule has 2 bridgehead atoms. The van der Waals surface area contributed by atoms with E-state index in [0.717, 1.165) is 42.3 Å². The fourth-order valence-corrected chi connectivity index (χ4v) is 4.24. The first-order chi connectivity index (χ1) is 13.0. The van der Waals surface area contributed by atoms with Gasteiger partial charge in [-0.25, -0.2) is 9.97 Å². The molecule has 2 aromatic rings. The van der Waals surface area contributed by atoms with Gasteiger partial charge in [0.05, 0.1) is 5.69 Å². The standard InChI is InChI=1S/C20H25N5O2/c1-4-23(3)19-8-17(21-12-22-19)15-6-18-16-5-14(9-24(11-16)13(2)26)10-25(18)20(27)7-15/h6-8,12,14,16H,4-5,9-11H2,1-3H3/t14-,16+/m0/s1. The highest BCUT2D eigenvalue weighted by Crippen LogP contribution is 2.36. The molecule has 7 nitrogen and oxygen atoms in total. The molecule has 27 heavy (non-hydrogen) atoms. The van der Waals surface area contributed by atoms with Gasteiger partial charge in [-0.15, -0.1) is 0 Å². The number of carbonyl (C=O) groups excluding carboxylic acids is 1. The Hall–Kier alpha value is -2.70. The van der Waals surface area contributed by atoms with Crippen molar-refractivity contribution in [1.29, 1.82) is 0 Å². The summed E-state index contributed by atoms with van der Waals surface area (Å²) in [5.41, 5.74) is 2.60. The average molecular weight is 367 g/mol. The molecule has 0 N–H and O–H groups in total. The molecule has 2 atom stereocenters. The van der Waals surface area contributed by atoms with Crippen LogP contribution in [0.25, 0.3) is 11.3 Å². The first-order valence-electron chi connectivity index (χ1n) is 9.50. The number of aromatic nitrogens is 3. The second kappa shape index (κ2) is 6.79. The van der Waals surface area contributed by atoms with Crippen molar-refractivity contribution < 1.29 is 4.79 Å². The van der Waals surface area contributed by atoms with Crippen molar-refractivity contribution in [2.24, 2.45) is 5.92 Å². The molecule has 2 aliphatic rings. The summed E-state index contributed by atoms with van der Waals surface area (Å²) in [5, 5.41) is 0. The molecule has 0 aromatic carbocycles. The zero-order valence-electron chi connectivity index (χ0n) is 16.1. The maximum Gasteiger partial charge on any atom is 0.251 e. The largest absolute Gasteiger partial charge is 0.360 e. The number of piperidine rings is 1. The van der Waals surface area contributed by atoms with Crippen LogP contribution in [0.1, 0.15) is 31.9 Å². The van der Waals surface area contributed by atoms with Crippen molar-refractivity contribution in [2.45, 2.75) is 32.7 Å². The van der Waals surface area contributed by atoms with Crippen LogP contribution in [0.5, 0.6) is 0 Å². The highest BCUT2D eigenvalue weighted by molar-refractivity contribution is 5.73. The topological polar surface area (TPSA) is 71.3 Å². The predicted molar refractivity (Wildman–Crippen MR) is 104 cm³/mol. The normalized spacial score (nSPS) is 20.9. The van der Waals surface area contributed by atoms with Crippen molar-refractivity contribution in [3.63, 3.8) is 0 Å². The van der Waals surface area contributed by atoms with Crippen LogP contribution in [0.4, 0.5) is 5.82 Å². The Morgan fingerprint density at radius 2 is 2.04 bits per heavy atom. The lowest BCUT2D eigenvalue weighted by Crippen LogP contribution is -2.48. The van der Waals surface area contributed by atoms with E-state index in [1.54, 1.807) is 19.3 Å². The van der Waals surface area contributed by atoms with Crippen LogP contribution in [-0.2, 0) is 11.3 Å². The predicted octanol–water partition coefficient (Wildman–Crippen LogP) is 1.73. The second-order valence-electron chi connectivity index (χ2n) is 7.62. The third-order valence-electron chi connectivity index (χ3n) is 5.82. The summed E-state index contributed by atoms with van der Waals surface area (Å²) in [4.78, 5) is 37.3. The van der Waals surface area contributed by atoms with Crippen LogP contribution < -0.4 is 10.5 Å². The zero-order valence-corrected chi connectivity index (χ0v) is 16.1. The maximum atomic E-state index is 12.8. The lowest BCUT2D eigenvalue weighted by atomic mass is 9.82. The van der Waals surface area contributed by atoms with Crippen LogP contribution in [0.2, 0.25) is 0 Å². The fraction of sp³-hybridized carbons (Fsp3) is 0.500. The van der Waals surface area contributed by atoms with Gasteiger partial charge < -0.3 is 14.4 Å². The Morgan fingerprint density at radius 3 is 2.78 bits per heavy atom. The van der Waals surface area contributed by atoms with E-state index in [9.17, 15) is 9.59 Å². The van der Waals surface area contributed by atoms with Crippen molar-refractivity contribution in [1.82, 2.24) is 19.4 Å². The summed E-state index contributed by atoms with van der Waals surface area (Å²) in [5.74, 6) is 1.50. The number of rotatable bonds is 3. The molecule has 1 fully saturated rings. The Balaban J connectivity index is 1.75. The van der Waals surface area contributed by atoms with E-state index in [4.69, 9.17) is 0 Å². The number of pyridine rings is 1. The average Bonchev–Trinajstić information content (AvgIpc) is 2.68. The molecule has 0 saturated carbocycles. The third kappa shape index (κ3) is 3.22. The molecule has 4 heterocycles. The Morgan fingerprint density at radius 1 is 1.22 bits per heavy atom. The number of likely N-dealkylation sites (tertiary alicyclic amines) is 1. The molecule has 2 aromatic heterocycles. The first-order valence-corrected chi connectivity index (χ1v) is 9.50. The second-order valence-corrected chi connectivity index (χ2v) is 7.62. The number of amides is 1. The summed E-state index contributed by atoms with van der Waals surface area (Å²) >= 11 is 0. The van der Waals surface area contributed by atoms with Gasteiger partial charge in [0, 0.05) is 69.5 Å². The minimum atomic E-state index is 0.0116. The molecule has 0 unspecified atom stereocenters. The van der Waals surface area contributed by atoms with E-state index in [1.165, 1.54) is 0 Å². The lowest BCUT2D eigenvalue weighted by molar-refractivity contribution is -0.131. The van der Waals surface area contributed by atoms with E-state index < -0.39 is 0 Å². The van der Waals surface area contributed by atoms with Crippen molar-refractivity contribution in [3.8, 4) is 11.3 Å². The van der Waals surface area contributed by atoms with Crippen LogP contribution in [0.15, 0.2) is 29.3 Å². The molecule has 0 aliphatic carbocycles. The van der Waals surface area contributed by atoms with Gasteiger partial charge >= 0.3 is 0 Å². The smallest absolute Gasteiger partial charge is 0.251 e. The van der Waals surface area contributed by atoms with Gasteiger partial charge in [0.25, 0.3) is 5.56 Å². The van der Waals surface area contributed by atoms with Crippen molar-refractivity contribution in [3.05, 3.63) is 40.6 Å². The molecule has 142 valence electrons. The highest BCUT2D eigenvalue weighted by atomic mass is 16.2. The van der Waals surface area contributed by atoms with Gasteiger partial charge in [0.15, 0.2) is 0 Å². The van der Waals surface area contributed by atoms with E-state index >= 15 is 0 Å². The summed E-state index contributed by atoms with van der Waals surface area (Å²) in [7, 11) is 1.98. The van der Waals surface area contributed by atoms with Gasteiger partial charge in [-0.2, -0.15) is 0 Å². The number of fused-ring (bicyclic) bond motifs is 4. The van der Waals surface area contributed by atoms with Crippen molar-refractivity contribution in [2.75, 3.05) is 31.6 Å². The van der Waals surface area contributed by atoms with Gasteiger partial charge in [0.2, 0.25) is 5.91 Å². The summed E-state index contributed by atoms with van der Waals surface area (Å²) in [6.07, 6.45) is 2.57. The Bertz CT molecular complexity index is 938. The van der Waals surface area contributed by atoms with E-state index in [1.807, 2.05) is 27.5 Å². The number of hydrogen-bond acceptors (Lipinski definition) is 5. The number of anilines is 1. The molecule has 4 rings (SSSR count). The van der Waals surface area contributed by atoms with Gasteiger partial charge in [-0.3, -0.25) is 9.59 Å². The number of hydrogen-bond donors (Lipinski definition) is 0. The third-order valence-corrected chi connectivity index (χ3v) is 5.82. The quantitative estimate of drug-likeness (QED) is 0.826. The van der Waals surface area contributed by atoms with Crippen LogP contribution in [0.3, 0.4) is 0 Å². The van der Waals surface area contributed by atoms with Crippen LogP contribution >= 0.6 is 0 Å². The van der Waals surface area contributed by atoms with E-state index in [-0.39, 0.29) is 17.4 Å². The maximum absolute atomic E-state index is 12.8. The molecule has 0 radical (unpaired) electrons. The van der Waals surface area contributed by atoms with Crippen LogP contribution in [-0.4, -0.2) is 52.0 Å². The minimum absolute atomic E-state index is 0.0116. The van der Waals surface area contributed by atoms with Gasteiger partial charge in [-0.1, -0.05) is 0 Å². The molecular formula is C20H25N5O2. The van der Waals surface area contributed by atoms with E-state index in [2.05, 4.69) is 23.0 Å². The summed E-state index contributed by atoms with van der Waals surface area (Å²) in [6, 6.07) is 5.67. The van der Waals surface area contributed by atoms with Gasteiger partial charge in [-0.05, 0) is 25.3 Å². The van der Waals surface area contributed by atoms with E-state index in [0.29, 0.717) is 19.0 Å². The monoisotopic (exact) mass is 367 g/mol. The van der Waals surface area contributed by atoms with Crippen LogP contribution in [0, 0.1) is 5.92 Å². The number of nitrogens with zero attached hydrogens (tertiary/aromatic N) is 5. The minimum Gasteiger partial charge on any atom is -0.360 e. The zero-order chi connectivity index (χ0) is 19.1. The number of carbonyl (C=O) groups is 1. The summed E-state index contributed by atoms with van der Waals surface area (Å²) < 4.78 is 1.89. The SMILES string of the molecule is CCN(C)c1cc(-c2cc3n(c(=O)c2)C[C@H]2C[C@@H]3CN(C(C)=O)C2)ncn1.